The molecule has 2 rings (SSSR count). The molecule has 1 aromatic rings. The van der Waals surface area contributed by atoms with Gasteiger partial charge in [-0.1, -0.05) is 12.1 Å². The topological polar surface area (TPSA) is 30.5 Å². The van der Waals surface area contributed by atoms with Gasteiger partial charge in [0.1, 0.15) is 0 Å². The van der Waals surface area contributed by atoms with Gasteiger partial charge in [0.15, 0.2) is 11.5 Å². The molecule has 0 spiro atoms. The van der Waals surface area contributed by atoms with Crippen molar-refractivity contribution in [3.8, 4) is 11.5 Å². The van der Waals surface area contributed by atoms with E-state index in [0.717, 1.165) is 31.2 Å². The summed E-state index contributed by atoms with van der Waals surface area (Å²) in [5.74, 6) is 2.38. The number of benzene rings is 1. The summed E-state index contributed by atoms with van der Waals surface area (Å²) in [6.45, 7) is 7.07. The molecule has 4 heteroatoms. The predicted molar refractivity (Wildman–Crippen MR) is 80.5 cm³/mol. The van der Waals surface area contributed by atoms with Crippen LogP contribution in [0.25, 0.3) is 0 Å². The molecule has 0 unspecified atom stereocenters. The summed E-state index contributed by atoms with van der Waals surface area (Å²) in [4.78, 5) is 0. The lowest BCUT2D eigenvalue weighted by Crippen LogP contribution is -2.30. The smallest absolute Gasteiger partial charge is 0.161 e. The van der Waals surface area contributed by atoms with Crippen molar-refractivity contribution in [3.63, 3.8) is 0 Å². The fraction of sp³-hybridized carbons (Fsp3) is 0.600. The van der Waals surface area contributed by atoms with Crippen LogP contribution >= 0.6 is 12.4 Å². The molecule has 1 aromatic carbocycles. The molecule has 1 heterocycles. The summed E-state index contributed by atoms with van der Waals surface area (Å²) < 4.78 is 11.7. The summed E-state index contributed by atoms with van der Waals surface area (Å²) in [5, 5.41) is 3.37. The van der Waals surface area contributed by atoms with Crippen LogP contribution in [0.1, 0.15) is 26.7 Å². The zero-order valence-electron chi connectivity index (χ0n) is 11.7. The van der Waals surface area contributed by atoms with Crippen molar-refractivity contribution in [2.45, 2.75) is 32.8 Å². The second-order valence-corrected chi connectivity index (χ2v) is 5.12. The van der Waals surface area contributed by atoms with Crippen LogP contribution in [0.5, 0.6) is 11.5 Å². The molecular weight excluding hydrogens is 262 g/mol. The van der Waals surface area contributed by atoms with Crippen LogP contribution in [0.2, 0.25) is 0 Å². The van der Waals surface area contributed by atoms with Crippen LogP contribution in [-0.4, -0.2) is 25.8 Å². The first-order chi connectivity index (χ1) is 8.75. The van der Waals surface area contributed by atoms with Gasteiger partial charge in [-0.2, -0.15) is 0 Å². The van der Waals surface area contributed by atoms with Crippen molar-refractivity contribution < 1.29 is 9.47 Å². The van der Waals surface area contributed by atoms with Crippen molar-refractivity contribution >= 4 is 12.4 Å². The predicted octanol–water partition coefficient (Wildman–Crippen LogP) is 3.27. The number of nitrogens with one attached hydrogen (secondary N) is 1. The molecule has 0 radical (unpaired) electrons. The average Bonchev–Trinajstić information content (AvgIpc) is 2.38. The number of para-hydroxylation sites is 2. The second-order valence-electron chi connectivity index (χ2n) is 5.12. The summed E-state index contributed by atoms with van der Waals surface area (Å²) in [5.41, 5.74) is 0. The molecular formula is C15H24ClNO2. The molecule has 0 aromatic heterocycles. The zero-order valence-corrected chi connectivity index (χ0v) is 12.5. The standard InChI is InChI=1S/C15H23NO2.ClH/c1-12(2)18-15-6-4-3-5-14(15)17-11-13-7-9-16-10-8-13;/h3-6,12-13,16H,7-11H2,1-2H3;1H. The Morgan fingerprint density at radius 3 is 2.42 bits per heavy atom. The highest BCUT2D eigenvalue weighted by molar-refractivity contribution is 5.85. The summed E-state index contributed by atoms with van der Waals surface area (Å²) in [6, 6.07) is 7.93. The van der Waals surface area contributed by atoms with E-state index in [4.69, 9.17) is 9.47 Å². The van der Waals surface area contributed by atoms with Crippen LogP contribution in [0.15, 0.2) is 24.3 Å². The monoisotopic (exact) mass is 285 g/mol. The van der Waals surface area contributed by atoms with Crippen LogP contribution < -0.4 is 14.8 Å². The van der Waals surface area contributed by atoms with Gasteiger partial charge in [-0.05, 0) is 57.8 Å². The van der Waals surface area contributed by atoms with Gasteiger partial charge in [0, 0.05) is 0 Å². The molecule has 0 amide bonds. The fourth-order valence-electron chi connectivity index (χ4n) is 2.18. The Morgan fingerprint density at radius 1 is 1.16 bits per heavy atom. The van der Waals surface area contributed by atoms with E-state index in [0.29, 0.717) is 5.92 Å². The summed E-state index contributed by atoms with van der Waals surface area (Å²) in [7, 11) is 0. The minimum atomic E-state index is 0. The molecule has 0 bridgehead atoms. The van der Waals surface area contributed by atoms with Gasteiger partial charge in [-0.3, -0.25) is 0 Å². The van der Waals surface area contributed by atoms with Crippen LogP contribution in [0, 0.1) is 5.92 Å². The first kappa shape index (κ1) is 16.1. The van der Waals surface area contributed by atoms with E-state index in [9.17, 15) is 0 Å². The Balaban J connectivity index is 0.00000180. The molecule has 1 aliphatic rings. The molecule has 1 fully saturated rings. The average molecular weight is 286 g/mol. The lowest BCUT2D eigenvalue weighted by molar-refractivity contribution is 0.190. The minimum Gasteiger partial charge on any atom is -0.489 e. The molecule has 1 saturated heterocycles. The molecule has 108 valence electrons. The highest BCUT2D eigenvalue weighted by Gasteiger charge is 2.14. The number of piperidine rings is 1. The Hall–Kier alpha value is -0.930. The molecule has 3 nitrogen and oxygen atoms in total. The lowest BCUT2D eigenvalue weighted by Gasteiger charge is -2.23. The molecule has 1 aliphatic heterocycles. The molecule has 0 atom stereocenters. The van der Waals surface area contributed by atoms with Crippen molar-refractivity contribution in [1.29, 1.82) is 0 Å². The normalized spacial score (nSPS) is 15.9. The number of ether oxygens (including phenoxy) is 2. The molecule has 1 N–H and O–H groups in total. The van der Waals surface area contributed by atoms with Gasteiger partial charge < -0.3 is 14.8 Å². The van der Waals surface area contributed by atoms with E-state index < -0.39 is 0 Å². The Bertz CT molecular complexity index is 365. The first-order valence-electron chi connectivity index (χ1n) is 6.85. The maximum Gasteiger partial charge on any atom is 0.161 e. The van der Waals surface area contributed by atoms with Crippen molar-refractivity contribution in [1.82, 2.24) is 5.32 Å². The maximum atomic E-state index is 5.92. The second kappa shape index (κ2) is 8.28. The van der Waals surface area contributed by atoms with Crippen LogP contribution in [-0.2, 0) is 0 Å². The van der Waals surface area contributed by atoms with E-state index >= 15 is 0 Å². The number of rotatable bonds is 5. The molecule has 0 saturated carbocycles. The highest BCUT2D eigenvalue weighted by Crippen LogP contribution is 2.28. The first-order valence-corrected chi connectivity index (χ1v) is 6.85. The third-order valence-corrected chi connectivity index (χ3v) is 3.15. The lowest BCUT2D eigenvalue weighted by atomic mass is 9.99. The van der Waals surface area contributed by atoms with Crippen molar-refractivity contribution in [2.24, 2.45) is 5.92 Å². The van der Waals surface area contributed by atoms with E-state index in [1.807, 2.05) is 38.1 Å². The van der Waals surface area contributed by atoms with Gasteiger partial charge in [-0.15, -0.1) is 12.4 Å². The largest absolute Gasteiger partial charge is 0.489 e. The molecule has 0 aliphatic carbocycles. The van der Waals surface area contributed by atoms with E-state index in [1.165, 1.54) is 12.8 Å². The summed E-state index contributed by atoms with van der Waals surface area (Å²) in [6.07, 6.45) is 2.58. The van der Waals surface area contributed by atoms with Crippen molar-refractivity contribution in [2.75, 3.05) is 19.7 Å². The maximum absolute atomic E-state index is 5.92. The van der Waals surface area contributed by atoms with Gasteiger partial charge in [0.05, 0.1) is 12.7 Å². The highest BCUT2D eigenvalue weighted by atomic mass is 35.5. The SMILES string of the molecule is CC(C)Oc1ccccc1OCC1CCNCC1.Cl. The number of halogens is 1. The molecule has 19 heavy (non-hydrogen) atoms. The number of hydrogen-bond donors (Lipinski definition) is 1. The van der Waals surface area contributed by atoms with E-state index in [-0.39, 0.29) is 18.5 Å². The van der Waals surface area contributed by atoms with Gasteiger partial charge in [0.25, 0.3) is 0 Å². The van der Waals surface area contributed by atoms with Crippen LogP contribution in [0.3, 0.4) is 0 Å². The van der Waals surface area contributed by atoms with Gasteiger partial charge in [-0.25, -0.2) is 0 Å². The Kier molecular flexibility index (Phi) is 7.03. The minimum absolute atomic E-state index is 0. The number of hydrogen-bond acceptors (Lipinski definition) is 3. The van der Waals surface area contributed by atoms with E-state index in [2.05, 4.69) is 5.32 Å². The van der Waals surface area contributed by atoms with Gasteiger partial charge in [0.2, 0.25) is 0 Å². The Morgan fingerprint density at radius 2 is 1.79 bits per heavy atom. The zero-order chi connectivity index (χ0) is 12.8. The Labute approximate surface area is 122 Å². The van der Waals surface area contributed by atoms with Gasteiger partial charge >= 0.3 is 0 Å². The fourth-order valence-corrected chi connectivity index (χ4v) is 2.18. The quantitative estimate of drug-likeness (QED) is 0.901. The third kappa shape index (κ3) is 5.29. The van der Waals surface area contributed by atoms with E-state index in [1.54, 1.807) is 0 Å². The van der Waals surface area contributed by atoms with Crippen LogP contribution in [0.4, 0.5) is 0 Å². The third-order valence-electron chi connectivity index (χ3n) is 3.15. The summed E-state index contributed by atoms with van der Waals surface area (Å²) >= 11 is 0. The van der Waals surface area contributed by atoms with Crippen molar-refractivity contribution in [3.05, 3.63) is 24.3 Å².